The van der Waals surface area contributed by atoms with Crippen molar-refractivity contribution < 1.29 is 4.52 Å². The van der Waals surface area contributed by atoms with E-state index < -0.39 is 0 Å². The third kappa shape index (κ3) is 1.06. The normalized spacial score (nSPS) is 10.8. The second-order valence-corrected chi connectivity index (χ2v) is 3.85. The number of hydrogen-bond acceptors (Lipinski definition) is 3. The van der Waals surface area contributed by atoms with E-state index >= 15 is 0 Å². The van der Waals surface area contributed by atoms with Crippen molar-refractivity contribution in [2.75, 3.05) is 5.73 Å². The van der Waals surface area contributed by atoms with Crippen LogP contribution in [0.4, 0.5) is 5.82 Å². The van der Waals surface area contributed by atoms with Crippen LogP contribution in [-0.2, 0) is 0 Å². The van der Waals surface area contributed by atoms with Crippen molar-refractivity contribution in [2.45, 2.75) is 6.92 Å². The zero-order valence-electron chi connectivity index (χ0n) is 6.47. The third-order valence-electron chi connectivity index (χ3n) is 1.70. The van der Waals surface area contributed by atoms with Gasteiger partial charge in [-0.15, -0.1) is 0 Å². The summed E-state index contributed by atoms with van der Waals surface area (Å²) in [6.07, 6.45) is 0. The maximum atomic E-state index is 5.62. The lowest BCUT2D eigenvalue weighted by Gasteiger charge is -1.94. The average Bonchev–Trinajstić information content (AvgIpc) is 2.31. The Balaban J connectivity index is 2.93. The number of rotatable bonds is 0. The molecule has 2 rings (SSSR count). The van der Waals surface area contributed by atoms with Crippen LogP contribution < -0.4 is 5.73 Å². The largest absolute Gasteiger partial charge is 0.380 e. The van der Waals surface area contributed by atoms with Gasteiger partial charge < -0.3 is 10.3 Å². The van der Waals surface area contributed by atoms with Gasteiger partial charge in [-0.1, -0.05) is 5.16 Å². The van der Waals surface area contributed by atoms with E-state index in [4.69, 9.17) is 10.3 Å². The number of anilines is 1. The Hall–Kier alpha value is -0.780. The van der Waals surface area contributed by atoms with Gasteiger partial charge in [0.25, 0.3) is 0 Å². The fourth-order valence-corrected chi connectivity index (χ4v) is 2.21. The Bertz CT molecular complexity index is 436. The first kappa shape index (κ1) is 7.85. The lowest BCUT2D eigenvalue weighted by atomic mass is 10.2. The summed E-state index contributed by atoms with van der Waals surface area (Å²) < 4.78 is 6.12. The van der Waals surface area contributed by atoms with E-state index in [1.807, 2.05) is 13.0 Å². The van der Waals surface area contributed by atoms with Crippen LogP contribution in [0.15, 0.2) is 16.7 Å². The van der Waals surface area contributed by atoms with Gasteiger partial charge in [-0.2, -0.15) is 0 Å². The Morgan fingerprint density at radius 2 is 2.25 bits per heavy atom. The fraction of sp³-hybridized carbons (Fsp3) is 0.125. The molecular weight excluding hydrogens is 267 g/mol. The molecule has 1 aromatic carbocycles. The smallest absolute Gasteiger partial charge is 0.175 e. The van der Waals surface area contributed by atoms with Gasteiger partial charge in [0.2, 0.25) is 0 Å². The fourth-order valence-electron chi connectivity index (χ4n) is 1.17. The Kier molecular flexibility index (Phi) is 1.71. The molecule has 0 bridgehead atoms. The Labute approximate surface area is 83.0 Å². The molecule has 4 heteroatoms. The molecule has 0 saturated carbocycles. The average molecular weight is 274 g/mol. The lowest BCUT2D eigenvalue weighted by molar-refractivity contribution is 0.460. The van der Waals surface area contributed by atoms with Crippen LogP contribution in [0, 0.1) is 10.5 Å². The molecule has 2 N–H and O–H groups in total. The summed E-state index contributed by atoms with van der Waals surface area (Å²) in [5.74, 6) is 0.467. The number of halogens is 1. The van der Waals surface area contributed by atoms with Gasteiger partial charge in [0.1, 0.15) is 0 Å². The van der Waals surface area contributed by atoms with Crippen molar-refractivity contribution in [3.63, 3.8) is 0 Å². The van der Waals surface area contributed by atoms with E-state index in [0.29, 0.717) is 5.82 Å². The summed E-state index contributed by atoms with van der Waals surface area (Å²) in [5, 5.41) is 4.61. The molecule has 0 aliphatic heterocycles. The maximum absolute atomic E-state index is 5.62. The minimum absolute atomic E-state index is 0.467. The summed E-state index contributed by atoms with van der Waals surface area (Å²) in [7, 11) is 0. The molecule has 0 amide bonds. The number of aromatic nitrogens is 1. The van der Waals surface area contributed by atoms with Gasteiger partial charge in [-0.05, 0) is 47.2 Å². The van der Waals surface area contributed by atoms with E-state index in [1.54, 1.807) is 0 Å². The molecule has 0 atom stereocenters. The minimum Gasteiger partial charge on any atom is -0.380 e. The molecule has 0 unspecified atom stereocenters. The van der Waals surface area contributed by atoms with Gasteiger partial charge in [0.05, 0.1) is 5.39 Å². The molecule has 12 heavy (non-hydrogen) atoms. The number of aryl methyl sites for hydroxylation is 1. The number of nitrogens with zero attached hydrogens (tertiary/aromatic N) is 1. The van der Waals surface area contributed by atoms with E-state index in [9.17, 15) is 0 Å². The van der Waals surface area contributed by atoms with Gasteiger partial charge in [-0.3, -0.25) is 0 Å². The van der Waals surface area contributed by atoms with E-state index in [0.717, 1.165) is 20.1 Å². The van der Waals surface area contributed by atoms with Crippen LogP contribution in [0.2, 0.25) is 0 Å². The molecule has 0 spiro atoms. The molecule has 0 aliphatic carbocycles. The van der Waals surface area contributed by atoms with Gasteiger partial charge in [-0.25, -0.2) is 0 Å². The number of nitrogen functional groups attached to an aromatic ring is 1. The van der Waals surface area contributed by atoms with Gasteiger partial charge in [0.15, 0.2) is 11.4 Å². The second-order valence-electron chi connectivity index (χ2n) is 2.69. The zero-order valence-corrected chi connectivity index (χ0v) is 8.62. The minimum atomic E-state index is 0.467. The summed E-state index contributed by atoms with van der Waals surface area (Å²) in [4.78, 5) is 0. The van der Waals surface area contributed by atoms with Crippen LogP contribution in [0.5, 0.6) is 0 Å². The Morgan fingerprint density at radius 3 is 3.00 bits per heavy atom. The van der Waals surface area contributed by atoms with E-state index in [1.165, 1.54) is 0 Å². The molecule has 1 heterocycles. The van der Waals surface area contributed by atoms with Crippen molar-refractivity contribution in [3.8, 4) is 0 Å². The molecule has 0 saturated heterocycles. The van der Waals surface area contributed by atoms with Crippen LogP contribution in [0.1, 0.15) is 5.56 Å². The first-order chi connectivity index (χ1) is 5.68. The highest BCUT2D eigenvalue weighted by Crippen LogP contribution is 2.26. The predicted octanol–water partition coefficient (Wildman–Crippen LogP) is 2.32. The first-order valence-electron chi connectivity index (χ1n) is 3.49. The topological polar surface area (TPSA) is 52.0 Å². The summed E-state index contributed by atoms with van der Waals surface area (Å²) in [6.45, 7) is 2.01. The van der Waals surface area contributed by atoms with Crippen LogP contribution in [0.3, 0.4) is 0 Å². The van der Waals surface area contributed by atoms with Crippen LogP contribution in [0.25, 0.3) is 11.0 Å². The SMILES string of the molecule is Cc1cc(I)c2c(N)noc2c1. The van der Waals surface area contributed by atoms with Gasteiger partial charge in [0, 0.05) is 3.57 Å². The highest BCUT2D eigenvalue weighted by atomic mass is 127. The van der Waals surface area contributed by atoms with Crippen molar-refractivity contribution in [1.29, 1.82) is 0 Å². The quantitative estimate of drug-likeness (QED) is 0.750. The molecule has 0 fully saturated rings. The monoisotopic (exact) mass is 274 g/mol. The van der Waals surface area contributed by atoms with Crippen LogP contribution in [-0.4, -0.2) is 5.16 Å². The highest BCUT2D eigenvalue weighted by Gasteiger charge is 2.08. The maximum Gasteiger partial charge on any atom is 0.175 e. The first-order valence-corrected chi connectivity index (χ1v) is 4.57. The molecule has 1 aromatic heterocycles. The molecular formula is C8H7IN2O. The number of hydrogen-bond donors (Lipinski definition) is 1. The van der Waals surface area contributed by atoms with Crippen molar-refractivity contribution in [2.24, 2.45) is 0 Å². The standard InChI is InChI=1S/C8H7IN2O/c1-4-2-5(9)7-6(3-4)12-11-8(7)10/h2-3H,1H3,(H2,10,11). The zero-order chi connectivity index (χ0) is 8.72. The van der Waals surface area contributed by atoms with E-state index in [-0.39, 0.29) is 0 Å². The molecule has 3 nitrogen and oxygen atoms in total. The summed E-state index contributed by atoms with van der Waals surface area (Å²) >= 11 is 2.23. The van der Waals surface area contributed by atoms with Crippen molar-refractivity contribution in [1.82, 2.24) is 5.16 Å². The summed E-state index contributed by atoms with van der Waals surface area (Å²) in [5.41, 5.74) is 7.53. The molecule has 0 aliphatic rings. The molecule has 62 valence electrons. The summed E-state index contributed by atoms with van der Waals surface area (Å²) in [6, 6.07) is 3.98. The van der Waals surface area contributed by atoms with Crippen molar-refractivity contribution >= 4 is 39.4 Å². The number of nitrogens with two attached hydrogens (primary N) is 1. The molecule has 0 radical (unpaired) electrons. The number of fused-ring (bicyclic) bond motifs is 1. The van der Waals surface area contributed by atoms with Crippen molar-refractivity contribution in [3.05, 3.63) is 21.3 Å². The van der Waals surface area contributed by atoms with E-state index in [2.05, 4.69) is 33.8 Å². The molecule has 2 aromatic rings. The second kappa shape index (κ2) is 2.62. The lowest BCUT2D eigenvalue weighted by Crippen LogP contribution is -1.85. The predicted molar refractivity (Wildman–Crippen MR) is 55.9 cm³/mol. The highest BCUT2D eigenvalue weighted by molar-refractivity contribution is 14.1. The van der Waals surface area contributed by atoms with Gasteiger partial charge >= 0.3 is 0 Å². The van der Waals surface area contributed by atoms with Crippen LogP contribution >= 0.6 is 22.6 Å². The third-order valence-corrected chi connectivity index (χ3v) is 2.55. The Morgan fingerprint density at radius 1 is 1.50 bits per heavy atom. The number of benzene rings is 1.